The number of methoxy groups -OCH3 is 2. The number of urea groups is 1. The molecule has 0 spiro atoms. The molecule has 0 aliphatic carbocycles. The van der Waals surface area contributed by atoms with Gasteiger partial charge in [0.2, 0.25) is 0 Å². The first-order valence-corrected chi connectivity index (χ1v) is 9.87. The second kappa shape index (κ2) is 8.96. The van der Waals surface area contributed by atoms with E-state index in [-0.39, 0.29) is 6.03 Å². The van der Waals surface area contributed by atoms with Gasteiger partial charge in [-0.2, -0.15) is 0 Å². The Labute approximate surface area is 175 Å². The van der Waals surface area contributed by atoms with Gasteiger partial charge in [0.1, 0.15) is 6.33 Å². The van der Waals surface area contributed by atoms with E-state index in [1.165, 1.54) is 0 Å². The van der Waals surface area contributed by atoms with Gasteiger partial charge in [-0.3, -0.25) is 4.90 Å². The largest absolute Gasteiger partial charge is 0.493 e. The second-order valence-electron chi connectivity index (χ2n) is 7.10. The molecule has 30 heavy (non-hydrogen) atoms. The Balaban J connectivity index is 1.41. The second-order valence-corrected chi connectivity index (χ2v) is 7.10. The standard InChI is InChI=1S/C22H25N5O3/c1-29-20-12-17-18(13-21(20)30-2)23-15-24-19(17)14-26-8-10-27(11-9-26)22(28)25-16-6-4-3-5-7-16/h3-7,12-13,15H,8-11,14H2,1-2H3,(H,25,28). The third-order valence-electron chi connectivity index (χ3n) is 5.28. The first-order valence-electron chi connectivity index (χ1n) is 9.87. The van der Waals surface area contributed by atoms with Gasteiger partial charge in [0.15, 0.2) is 11.5 Å². The zero-order valence-corrected chi connectivity index (χ0v) is 17.2. The molecule has 1 saturated heterocycles. The van der Waals surface area contributed by atoms with Crippen molar-refractivity contribution in [2.24, 2.45) is 0 Å². The van der Waals surface area contributed by atoms with Crippen LogP contribution in [0.15, 0.2) is 48.8 Å². The number of aromatic nitrogens is 2. The average Bonchev–Trinajstić information content (AvgIpc) is 2.79. The molecule has 8 nitrogen and oxygen atoms in total. The summed E-state index contributed by atoms with van der Waals surface area (Å²) >= 11 is 0. The summed E-state index contributed by atoms with van der Waals surface area (Å²) in [6.07, 6.45) is 1.58. The quantitative estimate of drug-likeness (QED) is 0.700. The number of ether oxygens (including phenoxy) is 2. The zero-order chi connectivity index (χ0) is 20.9. The fourth-order valence-corrected chi connectivity index (χ4v) is 3.61. The Morgan fingerprint density at radius 2 is 1.70 bits per heavy atom. The molecule has 8 heteroatoms. The number of hydrogen-bond acceptors (Lipinski definition) is 6. The highest BCUT2D eigenvalue weighted by Gasteiger charge is 2.22. The van der Waals surface area contributed by atoms with Crippen LogP contribution in [-0.4, -0.2) is 66.2 Å². The fraction of sp³-hybridized carbons (Fsp3) is 0.318. The Kier molecular flexibility index (Phi) is 5.94. The van der Waals surface area contributed by atoms with Crippen molar-refractivity contribution in [3.8, 4) is 11.5 Å². The lowest BCUT2D eigenvalue weighted by molar-refractivity contribution is 0.142. The minimum Gasteiger partial charge on any atom is -0.493 e. The molecule has 3 aromatic rings. The molecule has 1 aliphatic rings. The SMILES string of the molecule is COc1cc2ncnc(CN3CCN(C(=O)Nc4ccccc4)CC3)c2cc1OC. The maximum Gasteiger partial charge on any atom is 0.321 e. The zero-order valence-electron chi connectivity index (χ0n) is 17.2. The lowest BCUT2D eigenvalue weighted by Gasteiger charge is -2.34. The number of rotatable bonds is 5. The van der Waals surface area contributed by atoms with Crippen LogP contribution in [0.1, 0.15) is 5.69 Å². The maximum atomic E-state index is 12.5. The monoisotopic (exact) mass is 407 g/mol. The molecule has 2 heterocycles. The number of benzene rings is 2. The van der Waals surface area contributed by atoms with Crippen molar-refractivity contribution in [3.63, 3.8) is 0 Å². The molecule has 0 radical (unpaired) electrons. The van der Waals surface area contributed by atoms with Crippen LogP contribution < -0.4 is 14.8 Å². The molecular weight excluding hydrogens is 382 g/mol. The van der Waals surface area contributed by atoms with Crippen molar-refractivity contribution in [2.45, 2.75) is 6.54 Å². The van der Waals surface area contributed by atoms with E-state index >= 15 is 0 Å². The summed E-state index contributed by atoms with van der Waals surface area (Å²) in [5.74, 6) is 1.30. The molecule has 0 unspecified atom stereocenters. The molecule has 0 saturated carbocycles. The number of para-hydroxylation sites is 1. The van der Waals surface area contributed by atoms with Crippen molar-refractivity contribution in [1.29, 1.82) is 0 Å². The van der Waals surface area contributed by atoms with Crippen LogP contribution in [0.3, 0.4) is 0 Å². The Morgan fingerprint density at radius 1 is 1.00 bits per heavy atom. The van der Waals surface area contributed by atoms with E-state index in [0.717, 1.165) is 35.4 Å². The average molecular weight is 407 g/mol. The normalized spacial score (nSPS) is 14.5. The van der Waals surface area contributed by atoms with Gasteiger partial charge in [-0.25, -0.2) is 14.8 Å². The molecule has 2 aromatic carbocycles. The summed E-state index contributed by atoms with van der Waals surface area (Å²) in [6.45, 7) is 3.57. The highest BCUT2D eigenvalue weighted by atomic mass is 16.5. The van der Waals surface area contributed by atoms with E-state index in [1.54, 1.807) is 20.5 Å². The molecule has 156 valence electrons. The highest BCUT2D eigenvalue weighted by molar-refractivity contribution is 5.89. The highest BCUT2D eigenvalue weighted by Crippen LogP contribution is 2.32. The van der Waals surface area contributed by atoms with Crippen molar-refractivity contribution < 1.29 is 14.3 Å². The summed E-state index contributed by atoms with van der Waals surface area (Å²) in [6, 6.07) is 13.2. The predicted octanol–water partition coefficient (Wildman–Crippen LogP) is 3.00. The molecule has 4 rings (SSSR count). The van der Waals surface area contributed by atoms with E-state index in [0.29, 0.717) is 31.1 Å². The van der Waals surface area contributed by atoms with Gasteiger partial charge in [-0.15, -0.1) is 0 Å². The first kappa shape index (κ1) is 19.9. The topological polar surface area (TPSA) is 79.8 Å². The van der Waals surface area contributed by atoms with Gasteiger partial charge in [-0.05, 0) is 18.2 Å². The number of carbonyl (C=O) groups is 1. The first-order chi connectivity index (χ1) is 14.7. The van der Waals surface area contributed by atoms with Gasteiger partial charge >= 0.3 is 6.03 Å². The van der Waals surface area contributed by atoms with E-state index < -0.39 is 0 Å². The summed E-state index contributed by atoms with van der Waals surface area (Å²) in [4.78, 5) is 25.5. The molecule has 1 N–H and O–H groups in total. The summed E-state index contributed by atoms with van der Waals surface area (Å²) in [5.41, 5.74) is 2.56. The number of nitrogens with one attached hydrogen (secondary N) is 1. The van der Waals surface area contributed by atoms with Crippen molar-refractivity contribution in [1.82, 2.24) is 19.8 Å². The van der Waals surface area contributed by atoms with Gasteiger partial charge in [0.05, 0.1) is 25.4 Å². The summed E-state index contributed by atoms with van der Waals surface area (Å²) in [7, 11) is 3.23. The molecule has 0 atom stereocenters. The van der Waals surface area contributed by atoms with Crippen LogP contribution in [-0.2, 0) is 6.54 Å². The van der Waals surface area contributed by atoms with Crippen molar-refractivity contribution in [3.05, 3.63) is 54.5 Å². The van der Waals surface area contributed by atoms with Crippen molar-refractivity contribution >= 4 is 22.6 Å². The Hall–Kier alpha value is -3.39. The van der Waals surface area contributed by atoms with Crippen molar-refractivity contribution in [2.75, 3.05) is 45.7 Å². The molecule has 1 aliphatic heterocycles. The number of anilines is 1. The van der Waals surface area contributed by atoms with Crippen LogP contribution in [0, 0.1) is 0 Å². The third kappa shape index (κ3) is 4.28. The number of nitrogens with zero attached hydrogens (tertiary/aromatic N) is 4. The van der Waals surface area contributed by atoms with Gasteiger partial charge < -0.3 is 19.7 Å². The van der Waals surface area contributed by atoms with Crippen LogP contribution in [0.2, 0.25) is 0 Å². The van der Waals surface area contributed by atoms with E-state index in [2.05, 4.69) is 20.2 Å². The van der Waals surface area contributed by atoms with Gasteiger partial charge in [0.25, 0.3) is 0 Å². The van der Waals surface area contributed by atoms with E-state index in [1.807, 2.05) is 47.4 Å². The molecule has 1 aromatic heterocycles. The third-order valence-corrected chi connectivity index (χ3v) is 5.28. The number of fused-ring (bicyclic) bond motifs is 1. The Morgan fingerprint density at radius 3 is 2.40 bits per heavy atom. The van der Waals surface area contributed by atoms with Crippen LogP contribution in [0.5, 0.6) is 11.5 Å². The van der Waals surface area contributed by atoms with Crippen LogP contribution in [0.25, 0.3) is 10.9 Å². The smallest absolute Gasteiger partial charge is 0.321 e. The fourth-order valence-electron chi connectivity index (χ4n) is 3.61. The van der Waals surface area contributed by atoms with Crippen LogP contribution in [0.4, 0.5) is 10.5 Å². The number of hydrogen-bond donors (Lipinski definition) is 1. The molecule has 2 amide bonds. The molecule has 1 fully saturated rings. The molecule has 0 bridgehead atoms. The van der Waals surface area contributed by atoms with Crippen LogP contribution >= 0.6 is 0 Å². The number of carbonyl (C=O) groups excluding carboxylic acids is 1. The Bertz CT molecular complexity index is 1020. The maximum absolute atomic E-state index is 12.5. The van der Waals surface area contributed by atoms with E-state index in [4.69, 9.17) is 9.47 Å². The molecular formula is C22H25N5O3. The van der Waals surface area contributed by atoms with Gasteiger partial charge in [0, 0.05) is 49.9 Å². The van der Waals surface area contributed by atoms with Gasteiger partial charge in [-0.1, -0.05) is 18.2 Å². The summed E-state index contributed by atoms with van der Waals surface area (Å²) in [5, 5.41) is 3.89. The lowest BCUT2D eigenvalue weighted by atomic mass is 10.1. The number of amides is 2. The minimum atomic E-state index is -0.0647. The lowest BCUT2D eigenvalue weighted by Crippen LogP contribution is -2.49. The van der Waals surface area contributed by atoms with E-state index in [9.17, 15) is 4.79 Å². The summed E-state index contributed by atoms with van der Waals surface area (Å²) < 4.78 is 10.8. The minimum absolute atomic E-state index is 0.0647. The number of piperazine rings is 1. The predicted molar refractivity (Wildman–Crippen MR) is 115 cm³/mol.